The van der Waals surface area contributed by atoms with E-state index in [1.165, 1.54) is 30.2 Å². The third-order valence-electron chi connectivity index (χ3n) is 4.99. The SMILES string of the molecule is COCCOc1ccc(S(=O)(=O)[C@H]2CCN(c3cc(C(F)(F)F)nc(S(C)(=O)=O)n3)C2)c(Cl)c1. The average Bonchev–Trinajstić information content (AvgIpc) is 3.23. The van der Waals surface area contributed by atoms with E-state index < -0.39 is 42.0 Å². The molecular weight excluding hydrogens is 523 g/mol. The number of methoxy groups -OCH3 is 1. The quantitative estimate of drug-likeness (QED) is 0.366. The van der Waals surface area contributed by atoms with Crippen LogP contribution in [0.15, 0.2) is 34.3 Å². The van der Waals surface area contributed by atoms with Crippen molar-refractivity contribution in [1.82, 2.24) is 9.97 Å². The molecule has 0 bridgehead atoms. The number of sulfone groups is 2. The number of anilines is 1. The van der Waals surface area contributed by atoms with Crippen LogP contribution in [0.25, 0.3) is 0 Å². The van der Waals surface area contributed by atoms with Gasteiger partial charge in [0.05, 0.1) is 21.8 Å². The van der Waals surface area contributed by atoms with Crippen LogP contribution in [0.1, 0.15) is 12.1 Å². The second-order valence-corrected chi connectivity index (χ2v) is 12.0. The third kappa shape index (κ3) is 5.90. The van der Waals surface area contributed by atoms with Crippen LogP contribution < -0.4 is 9.64 Å². The van der Waals surface area contributed by atoms with Crippen molar-refractivity contribution in [3.8, 4) is 5.75 Å². The van der Waals surface area contributed by atoms with Crippen molar-refractivity contribution in [2.75, 3.05) is 44.6 Å². The minimum absolute atomic E-state index is 0.0389. The topological polar surface area (TPSA) is 116 Å². The van der Waals surface area contributed by atoms with Crippen LogP contribution in [0.4, 0.5) is 19.0 Å². The fourth-order valence-corrected chi connectivity index (χ4v) is 6.06. The van der Waals surface area contributed by atoms with Crippen molar-refractivity contribution < 1.29 is 39.5 Å². The van der Waals surface area contributed by atoms with Gasteiger partial charge in [-0.3, -0.25) is 0 Å². The number of benzene rings is 1. The van der Waals surface area contributed by atoms with E-state index in [4.69, 9.17) is 21.1 Å². The first-order valence-electron chi connectivity index (χ1n) is 9.80. The molecule has 1 aliphatic heterocycles. The Morgan fingerprint density at radius 3 is 2.44 bits per heavy atom. The molecule has 1 fully saturated rings. The largest absolute Gasteiger partial charge is 0.491 e. The fraction of sp³-hybridized carbons (Fsp3) is 0.474. The molecule has 2 heterocycles. The van der Waals surface area contributed by atoms with E-state index in [0.29, 0.717) is 24.7 Å². The van der Waals surface area contributed by atoms with Gasteiger partial charge in [0, 0.05) is 38.6 Å². The minimum atomic E-state index is -4.91. The van der Waals surface area contributed by atoms with Crippen LogP contribution in [0, 0.1) is 0 Å². The molecule has 0 saturated carbocycles. The van der Waals surface area contributed by atoms with E-state index in [1.807, 2.05) is 0 Å². The lowest BCUT2D eigenvalue weighted by Gasteiger charge is -2.20. The lowest BCUT2D eigenvalue weighted by Crippen LogP contribution is -2.28. The van der Waals surface area contributed by atoms with Gasteiger partial charge in [-0.1, -0.05) is 11.6 Å². The number of halogens is 4. The summed E-state index contributed by atoms with van der Waals surface area (Å²) >= 11 is 6.18. The van der Waals surface area contributed by atoms with Crippen LogP contribution in [0.2, 0.25) is 5.02 Å². The summed E-state index contributed by atoms with van der Waals surface area (Å²) in [4.78, 5) is 7.98. The van der Waals surface area contributed by atoms with Crippen molar-refractivity contribution in [3.05, 3.63) is 35.0 Å². The van der Waals surface area contributed by atoms with E-state index in [2.05, 4.69) is 9.97 Å². The van der Waals surface area contributed by atoms with Crippen LogP contribution in [0.5, 0.6) is 5.75 Å². The van der Waals surface area contributed by atoms with Crippen LogP contribution in [-0.2, 0) is 30.6 Å². The highest BCUT2D eigenvalue weighted by molar-refractivity contribution is 7.92. The Morgan fingerprint density at radius 1 is 1.15 bits per heavy atom. The molecule has 0 spiro atoms. The van der Waals surface area contributed by atoms with Crippen molar-refractivity contribution in [2.24, 2.45) is 0 Å². The van der Waals surface area contributed by atoms with Crippen LogP contribution in [0.3, 0.4) is 0 Å². The Kier molecular flexibility index (Phi) is 7.65. The molecule has 1 atom stereocenters. The molecule has 9 nitrogen and oxygen atoms in total. The van der Waals surface area contributed by atoms with Gasteiger partial charge in [-0.2, -0.15) is 13.2 Å². The maximum atomic E-state index is 13.3. The number of alkyl halides is 3. The number of hydrogen-bond acceptors (Lipinski definition) is 9. The van der Waals surface area contributed by atoms with E-state index in [-0.39, 0.29) is 41.9 Å². The monoisotopic (exact) mass is 543 g/mol. The summed E-state index contributed by atoms with van der Waals surface area (Å²) in [7, 11) is -6.61. The molecule has 15 heteroatoms. The number of hydrogen-bond donors (Lipinski definition) is 0. The summed E-state index contributed by atoms with van der Waals surface area (Å²) in [6, 6.07) is 4.70. The summed E-state index contributed by atoms with van der Waals surface area (Å²) < 4.78 is 100.0. The molecule has 34 heavy (non-hydrogen) atoms. The van der Waals surface area contributed by atoms with Crippen molar-refractivity contribution in [3.63, 3.8) is 0 Å². The molecule has 0 radical (unpaired) electrons. The summed E-state index contributed by atoms with van der Waals surface area (Å²) in [5, 5.41) is -2.05. The molecule has 1 saturated heterocycles. The summed E-state index contributed by atoms with van der Waals surface area (Å²) in [6.07, 6.45) is -4.15. The lowest BCUT2D eigenvalue weighted by molar-refractivity contribution is -0.141. The van der Waals surface area contributed by atoms with Gasteiger partial charge in [-0.15, -0.1) is 0 Å². The normalized spacial score (nSPS) is 17.2. The van der Waals surface area contributed by atoms with E-state index >= 15 is 0 Å². The zero-order valence-electron chi connectivity index (χ0n) is 18.0. The van der Waals surface area contributed by atoms with Crippen LogP contribution >= 0.6 is 11.6 Å². The van der Waals surface area contributed by atoms with Gasteiger partial charge in [0.25, 0.3) is 0 Å². The lowest BCUT2D eigenvalue weighted by atomic mass is 10.3. The molecule has 3 rings (SSSR count). The predicted molar refractivity (Wildman–Crippen MR) is 117 cm³/mol. The Labute approximate surface area is 199 Å². The van der Waals surface area contributed by atoms with Gasteiger partial charge in [0.1, 0.15) is 18.2 Å². The first-order chi connectivity index (χ1) is 15.7. The fourth-order valence-electron chi connectivity index (χ4n) is 3.30. The zero-order chi connectivity index (χ0) is 25.3. The smallest absolute Gasteiger partial charge is 0.433 e. The van der Waals surface area contributed by atoms with Crippen molar-refractivity contribution in [2.45, 2.75) is 27.9 Å². The molecule has 0 amide bonds. The van der Waals surface area contributed by atoms with Crippen LogP contribution in [-0.4, -0.2) is 71.7 Å². The van der Waals surface area contributed by atoms with Gasteiger partial charge < -0.3 is 14.4 Å². The summed E-state index contributed by atoms with van der Waals surface area (Å²) in [6.45, 7) is 0.403. The maximum Gasteiger partial charge on any atom is 0.433 e. The predicted octanol–water partition coefficient (Wildman–Crippen LogP) is 2.63. The van der Waals surface area contributed by atoms with Crippen molar-refractivity contribution >= 4 is 37.1 Å². The van der Waals surface area contributed by atoms with Gasteiger partial charge in [-0.05, 0) is 18.6 Å². The van der Waals surface area contributed by atoms with Gasteiger partial charge >= 0.3 is 6.18 Å². The van der Waals surface area contributed by atoms with Crippen molar-refractivity contribution in [1.29, 1.82) is 0 Å². The number of rotatable bonds is 8. The number of ether oxygens (including phenoxy) is 2. The minimum Gasteiger partial charge on any atom is -0.491 e. The Balaban J connectivity index is 1.86. The standard InChI is InChI=1S/C19H21ClF3N3O6S2/c1-31-7-8-32-12-3-4-15(14(20)9-12)34(29,30)13-5-6-26(11-13)17-10-16(19(21,22)23)24-18(25-17)33(2,27)28/h3-4,9-10,13H,5-8,11H2,1-2H3/t13-/m0/s1. The Bertz CT molecular complexity index is 1270. The molecule has 2 aromatic rings. The van der Waals surface area contributed by atoms with E-state index in [9.17, 15) is 30.0 Å². The Hall–Kier alpha value is -2.16. The number of aromatic nitrogens is 2. The number of nitrogens with zero attached hydrogens (tertiary/aromatic N) is 3. The van der Waals surface area contributed by atoms with Gasteiger partial charge in [-0.25, -0.2) is 26.8 Å². The molecule has 0 N–H and O–H groups in total. The second kappa shape index (κ2) is 9.84. The molecule has 0 aliphatic carbocycles. The molecule has 0 unspecified atom stereocenters. The van der Waals surface area contributed by atoms with Gasteiger partial charge in [0.2, 0.25) is 15.0 Å². The second-order valence-electron chi connectivity index (χ2n) is 7.50. The summed E-state index contributed by atoms with van der Waals surface area (Å²) in [5.41, 5.74) is -1.43. The highest BCUT2D eigenvalue weighted by Crippen LogP contribution is 2.35. The van der Waals surface area contributed by atoms with E-state index in [1.54, 1.807) is 0 Å². The van der Waals surface area contributed by atoms with Gasteiger partial charge in [0.15, 0.2) is 15.5 Å². The molecule has 1 aromatic heterocycles. The first kappa shape index (κ1) is 26.4. The highest BCUT2D eigenvalue weighted by Gasteiger charge is 2.39. The molecular formula is C19H21ClF3N3O6S2. The zero-order valence-corrected chi connectivity index (χ0v) is 20.4. The first-order valence-corrected chi connectivity index (χ1v) is 13.6. The summed E-state index contributed by atoms with van der Waals surface area (Å²) in [5.74, 6) is 0.0245. The molecule has 188 valence electrons. The molecule has 1 aliphatic rings. The Morgan fingerprint density at radius 2 is 1.85 bits per heavy atom. The maximum absolute atomic E-state index is 13.3. The molecule has 1 aromatic carbocycles. The highest BCUT2D eigenvalue weighted by atomic mass is 35.5. The average molecular weight is 544 g/mol. The van der Waals surface area contributed by atoms with E-state index in [0.717, 1.165) is 0 Å². The third-order valence-corrected chi connectivity index (χ3v) is 8.49.